The smallest absolute Gasteiger partial charge is 0.410 e. The fourth-order valence-corrected chi connectivity index (χ4v) is 8.44. The number of rotatable bonds is 11. The maximum absolute atomic E-state index is 13.7. The Kier molecular flexibility index (Phi) is 12.7. The Balaban J connectivity index is 1.12. The van der Waals surface area contributed by atoms with Crippen molar-refractivity contribution in [3.05, 3.63) is 81.8 Å². The molecule has 4 amide bonds. The SMILES string of the molecule is COc1nc(-c2cccc(-c3cccc(-c4ccc5c(n4)N(C)CCC5N(C[C@@H]4CCC(=O)N4)C(=O)OC(C)(C)C)c3Cl)c2Cl)ccc1COC(=O)NC[C@@H]1CCC(=O)N1. The Morgan fingerprint density at radius 1 is 0.850 bits per heavy atom. The summed E-state index contributed by atoms with van der Waals surface area (Å²) in [6.07, 6.45) is 1.79. The van der Waals surface area contributed by atoms with Gasteiger partial charge in [0.25, 0.3) is 0 Å². The predicted molar refractivity (Wildman–Crippen MR) is 229 cm³/mol. The molecule has 2 fully saturated rings. The number of aromatic nitrogens is 2. The van der Waals surface area contributed by atoms with Crippen molar-refractivity contribution in [2.45, 2.75) is 83.2 Å². The number of ether oxygens (including phenoxy) is 3. The number of halogens is 2. The first-order chi connectivity index (χ1) is 28.7. The molecule has 2 saturated heterocycles. The third-order valence-corrected chi connectivity index (χ3v) is 11.6. The summed E-state index contributed by atoms with van der Waals surface area (Å²) in [7, 11) is 3.47. The quantitative estimate of drug-likeness (QED) is 0.136. The molecule has 5 heterocycles. The average molecular weight is 859 g/mol. The lowest BCUT2D eigenvalue weighted by molar-refractivity contribution is -0.120. The number of carbonyl (C=O) groups is 4. The van der Waals surface area contributed by atoms with Crippen LogP contribution >= 0.6 is 23.2 Å². The second-order valence-corrected chi connectivity index (χ2v) is 17.0. The number of hydrogen-bond acceptors (Lipinski definition) is 10. The largest absolute Gasteiger partial charge is 0.481 e. The molecule has 2 aromatic heterocycles. The van der Waals surface area contributed by atoms with Crippen molar-refractivity contribution < 1.29 is 33.4 Å². The van der Waals surface area contributed by atoms with Crippen molar-refractivity contribution in [2.75, 3.05) is 38.7 Å². The zero-order chi connectivity index (χ0) is 42.7. The lowest BCUT2D eigenvalue weighted by Gasteiger charge is -2.40. The van der Waals surface area contributed by atoms with Gasteiger partial charge in [0.2, 0.25) is 17.7 Å². The van der Waals surface area contributed by atoms with Gasteiger partial charge in [-0.2, -0.15) is 0 Å². The minimum atomic E-state index is -0.697. The summed E-state index contributed by atoms with van der Waals surface area (Å²) in [6, 6.07) is 18.2. The second-order valence-electron chi connectivity index (χ2n) is 16.2. The van der Waals surface area contributed by atoms with Crippen LogP contribution in [-0.2, 0) is 25.7 Å². The molecule has 1 unspecified atom stereocenters. The fourth-order valence-electron chi connectivity index (χ4n) is 7.79. The van der Waals surface area contributed by atoms with Crippen LogP contribution in [-0.4, -0.2) is 90.3 Å². The van der Waals surface area contributed by atoms with Gasteiger partial charge in [0.05, 0.1) is 40.1 Å². The van der Waals surface area contributed by atoms with Crippen molar-refractivity contribution in [1.29, 1.82) is 0 Å². The molecule has 0 radical (unpaired) electrons. The van der Waals surface area contributed by atoms with Crippen LogP contribution in [0.2, 0.25) is 10.0 Å². The lowest BCUT2D eigenvalue weighted by Crippen LogP contribution is -2.47. The number of fused-ring (bicyclic) bond motifs is 1. The van der Waals surface area contributed by atoms with E-state index >= 15 is 0 Å². The molecule has 16 heteroatoms. The number of pyridine rings is 2. The molecule has 3 atom stereocenters. The van der Waals surface area contributed by atoms with E-state index < -0.39 is 17.8 Å². The molecule has 4 aromatic rings. The number of nitrogens with one attached hydrogen (secondary N) is 3. The summed E-state index contributed by atoms with van der Waals surface area (Å²) < 4.78 is 16.9. The van der Waals surface area contributed by atoms with E-state index in [9.17, 15) is 19.2 Å². The van der Waals surface area contributed by atoms with Gasteiger partial charge in [-0.3, -0.25) is 14.5 Å². The molecule has 316 valence electrons. The van der Waals surface area contributed by atoms with Crippen molar-refractivity contribution >= 4 is 53.0 Å². The Morgan fingerprint density at radius 2 is 1.45 bits per heavy atom. The highest BCUT2D eigenvalue weighted by molar-refractivity contribution is 6.39. The molecule has 0 spiro atoms. The standard InChI is InChI=1S/C44H49Cl2N7O7/c1-44(2,3)60-43(57)53(23-27-14-19-37(55)49-27)35-20-21-52(4)40-32(35)15-17-33(50-40)30-10-6-8-28(38(30)45)29-9-7-11-31(39(29)46)34-16-12-25(41(51-34)58-5)24-59-42(56)47-22-26-13-18-36(54)48-26/h6-12,15-17,26-27,35H,13-14,18-24H2,1-5H3,(H,47,56)(H,48,54)(H,49,55)/t26-,27-,35?/m0/s1. The van der Waals surface area contributed by atoms with E-state index in [4.69, 9.17) is 47.4 Å². The van der Waals surface area contributed by atoms with Crippen LogP contribution in [0, 0.1) is 0 Å². The first kappa shape index (κ1) is 42.5. The number of alkyl carbamates (subject to hydrolysis) is 1. The summed E-state index contributed by atoms with van der Waals surface area (Å²) in [5.74, 6) is 0.953. The minimum absolute atomic E-state index is 0.0165. The average Bonchev–Trinajstić information content (AvgIpc) is 3.84. The third-order valence-electron chi connectivity index (χ3n) is 10.8. The van der Waals surface area contributed by atoms with E-state index in [2.05, 4.69) is 20.9 Å². The molecule has 14 nitrogen and oxygen atoms in total. The maximum Gasteiger partial charge on any atom is 0.410 e. The summed E-state index contributed by atoms with van der Waals surface area (Å²) in [5, 5.41) is 9.37. The van der Waals surface area contributed by atoms with E-state index in [1.54, 1.807) is 17.0 Å². The number of carbonyl (C=O) groups excluding carboxylic acids is 4. The van der Waals surface area contributed by atoms with Crippen LogP contribution in [0.25, 0.3) is 33.6 Å². The lowest BCUT2D eigenvalue weighted by atomic mass is 9.95. The van der Waals surface area contributed by atoms with Gasteiger partial charge in [-0.05, 0) is 58.2 Å². The highest BCUT2D eigenvalue weighted by Crippen LogP contribution is 2.44. The molecule has 3 aliphatic rings. The van der Waals surface area contributed by atoms with Gasteiger partial charge in [-0.1, -0.05) is 65.7 Å². The monoisotopic (exact) mass is 857 g/mol. The number of methoxy groups -OCH3 is 1. The highest BCUT2D eigenvalue weighted by Gasteiger charge is 2.37. The van der Waals surface area contributed by atoms with E-state index in [0.717, 1.165) is 11.4 Å². The summed E-state index contributed by atoms with van der Waals surface area (Å²) in [5.41, 5.74) is 4.66. The van der Waals surface area contributed by atoms with Crippen LogP contribution in [0.4, 0.5) is 15.4 Å². The Labute approximate surface area is 359 Å². The van der Waals surface area contributed by atoms with Crippen LogP contribution in [0.15, 0.2) is 60.7 Å². The van der Waals surface area contributed by atoms with Gasteiger partial charge in [0.1, 0.15) is 18.0 Å². The van der Waals surface area contributed by atoms with Crippen molar-refractivity contribution in [3.63, 3.8) is 0 Å². The zero-order valence-corrected chi connectivity index (χ0v) is 35.8. The van der Waals surface area contributed by atoms with Gasteiger partial charge >= 0.3 is 12.2 Å². The third kappa shape index (κ3) is 9.55. The Hall–Kier alpha value is -5.60. The summed E-state index contributed by atoms with van der Waals surface area (Å²) in [6.45, 7) is 6.70. The molecule has 3 N–H and O–H groups in total. The second kappa shape index (κ2) is 17.9. The topological polar surface area (TPSA) is 164 Å². The summed E-state index contributed by atoms with van der Waals surface area (Å²) in [4.78, 5) is 63.3. The van der Waals surface area contributed by atoms with Crippen molar-refractivity contribution in [1.82, 2.24) is 30.8 Å². The van der Waals surface area contributed by atoms with Crippen LogP contribution in [0.3, 0.4) is 0 Å². The summed E-state index contributed by atoms with van der Waals surface area (Å²) >= 11 is 14.4. The molecular weight excluding hydrogens is 809 g/mol. The molecule has 7 rings (SSSR count). The maximum atomic E-state index is 13.7. The number of benzene rings is 2. The number of hydrogen-bond donors (Lipinski definition) is 3. The van der Waals surface area contributed by atoms with E-state index in [1.165, 1.54) is 7.11 Å². The molecule has 3 aliphatic heterocycles. The van der Waals surface area contributed by atoms with E-state index in [0.29, 0.717) is 94.4 Å². The van der Waals surface area contributed by atoms with E-state index in [1.807, 2.05) is 76.3 Å². The highest BCUT2D eigenvalue weighted by atomic mass is 35.5. The first-order valence-electron chi connectivity index (χ1n) is 20.0. The fraction of sp³-hybridized carbons (Fsp3) is 0.409. The van der Waals surface area contributed by atoms with Gasteiger partial charge in [-0.15, -0.1) is 0 Å². The van der Waals surface area contributed by atoms with Gasteiger partial charge in [-0.25, -0.2) is 19.6 Å². The molecule has 60 heavy (non-hydrogen) atoms. The van der Waals surface area contributed by atoms with Gasteiger partial charge in [0.15, 0.2) is 0 Å². The van der Waals surface area contributed by atoms with Crippen LogP contribution in [0.1, 0.15) is 70.0 Å². The molecular formula is C44H49Cl2N7O7. The minimum Gasteiger partial charge on any atom is -0.481 e. The number of amides is 4. The van der Waals surface area contributed by atoms with E-state index in [-0.39, 0.29) is 49.0 Å². The number of anilines is 1. The Morgan fingerprint density at radius 3 is 2.05 bits per heavy atom. The molecule has 0 bridgehead atoms. The molecule has 2 aromatic carbocycles. The zero-order valence-electron chi connectivity index (χ0n) is 34.3. The predicted octanol–water partition coefficient (Wildman–Crippen LogP) is 7.69. The molecule has 0 saturated carbocycles. The van der Waals surface area contributed by atoms with Crippen LogP contribution < -0.4 is 25.6 Å². The normalized spacial score (nSPS) is 18.6. The van der Waals surface area contributed by atoms with Crippen molar-refractivity contribution in [2.24, 2.45) is 0 Å². The first-order valence-corrected chi connectivity index (χ1v) is 20.8. The molecule has 0 aliphatic carbocycles. The van der Waals surface area contributed by atoms with Crippen molar-refractivity contribution in [3.8, 4) is 39.5 Å². The van der Waals surface area contributed by atoms with Gasteiger partial charge < -0.3 is 35.1 Å². The number of nitrogens with zero attached hydrogens (tertiary/aromatic N) is 4. The Bertz CT molecular complexity index is 2300. The van der Waals surface area contributed by atoms with Gasteiger partial charge in [0, 0.05) is 79.4 Å². The van der Waals surface area contributed by atoms with Crippen LogP contribution in [0.5, 0.6) is 5.88 Å².